The molecule has 1 fully saturated rings. The lowest BCUT2D eigenvalue weighted by Gasteiger charge is -2.36. The zero-order chi connectivity index (χ0) is 22.8. The number of carbonyl (C=O) groups excluding carboxylic acids is 1. The molecule has 0 radical (unpaired) electrons. The average Bonchev–Trinajstić information content (AvgIpc) is 2.71. The summed E-state index contributed by atoms with van der Waals surface area (Å²) in [6, 6.07) is 6.73. The number of piperidine rings is 1. The number of pyridine rings is 1. The van der Waals surface area contributed by atoms with Crippen LogP contribution in [0.5, 0.6) is 5.75 Å². The third-order valence-corrected chi connectivity index (χ3v) is 6.41. The first-order valence-electron chi connectivity index (χ1n) is 9.69. The van der Waals surface area contributed by atoms with E-state index >= 15 is 0 Å². The number of carboxylic acids is 1. The molecule has 1 aromatic carbocycles. The number of rotatable bonds is 5. The molecular formula is C21H23FN2O6S. The van der Waals surface area contributed by atoms with E-state index in [1.165, 1.54) is 23.2 Å². The predicted molar refractivity (Wildman–Crippen MR) is 110 cm³/mol. The van der Waals surface area contributed by atoms with Crippen LogP contribution < -0.4 is 4.74 Å². The Morgan fingerprint density at radius 3 is 2.58 bits per heavy atom. The first-order valence-corrected chi connectivity index (χ1v) is 11.6. The van der Waals surface area contributed by atoms with Gasteiger partial charge in [-0.3, -0.25) is 9.78 Å². The molecular weight excluding hydrogens is 427 g/mol. The fraction of sp³-hybridized carbons (Fsp3) is 0.381. The molecule has 2 unspecified atom stereocenters. The predicted octanol–water partition coefficient (Wildman–Crippen LogP) is 2.38. The fourth-order valence-corrected chi connectivity index (χ4v) is 4.25. The summed E-state index contributed by atoms with van der Waals surface area (Å²) < 4.78 is 43.2. The van der Waals surface area contributed by atoms with E-state index in [0.717, 1.165) is 12.3 Å². The van der Waals surface area contributed by atoms with Crippen LogP contribution in [0.1, 0.15) is 19.8 Å². The van der Waals surface area contributed by atoms with Crippen molar-refractivity contribution in [1.82, 2.24) is 9.88 Å². The van der Waals surface area contributed by atoms with E-state index in [1.807, 2.05) is 6.92 Å². The van der Waals surface area contributed by atoms with Gasteiger partial charge in [-0.05, 0) is 56.0 Å². The lowest BCUT2D eigenvalue weighted by Crippen LogP contribution is -2.48. The van der Waals surface area contributed by atoms with Gasteiger partial charge < -0.3 is 14.7 Å². The molecule has 166 valence electrons. The van der Waals surface area contributed by atoms with E-state index in [9.17, 15) is 22.4 Å². The van der Waals surface area contributed by atoms with Gasteiger partial charge in [-0.15, -0.1) is 0 Å². The molecule has 1 N–H and O–H groups in total. The second-order valence-electron chi connectivity index (χ2n) is 7.65. The SMILES string of the molecule is CC1CC(COc2ccc(-c3ccc(S(C)(=O)=O)cc3F)nc2)CCN1C(=O)C(=O)O. The highest BCUT2D eigenvalue weighted by Gasteiger charge is 2.32. The number of carbonyl (C=O) groups is 2. The number of sulfone groups is 1. The molecule has 0 bridgehead atoms. The van der Waals surface area contributed by atoms with Crippen molar-refractivity contribution in [1.29, 1.82) is 0 Å². The Balaban J connectivity index is 1.60. The van der Waals surface area contributed by atoms with Crippen molar-refractivity contribution in [3.63, 3.8) is 0 Å². The highest BCUT2D eigenvalue weighted by atomic mass is 32.2. The summed E-state index contributed by atoms with van der Waals surface area (Å²) in [7, 11) is -3.50. The number of ether oxygens (including phenoxy) is 1. The second kappa shape index (κ2) is 9.01. The summed E-state index contributed by atoms with van der Waals surface area (Å²) in [6.45, 7) is 2.56. The number of nitrogens with zero attached hydrogens (tertiary/aromatic N) is 2. The molecule has 10 heteroatoms. The Morgan fingerprint density at radius 2 is 2.03 bits per heavy atom. The molecule has 1 amide bonds. The first kappa shape index (κ1) is 22.7. The van der Waals surface area contributed by atoms with Gasteiger partial charge in [0.05, 0.1) is 23.4 Å². The van der Waals surface area contributed by atoms with Crippen molar-refractivity contribution in [3.05, 3.63) is 42.3 Å². The van der Waals surface area contributed by atoms with Crippen molar-refractivity contribution < 1.29 is 32.2 Å². The zero-order valence-corrected chi connectivity index (χ0v) is 17.9. The van der Waals surface area contributed by atoms with Gasteiger partial charge in [0.2, 0.25) is 0 Å². The Bertz CT molecular complexity index is 1090. The lowest BCUT2D eigenvalue weighted by molar-refractivity contribution is -0.158. The number of hydrogen-bond donors (Lipinski definition) is 1. The van der Waals surface area contributed by atoms with Crippen molar-refractivity contribution in [2.24, 2.45) is 5.92 Å². The van der Waals surface area contributed by atoms with Gasteiger partial charge in [0.25, 0.3) is 0 Å². The molecule has 0 spiro atoms. The topological polar surface area (TPSA) is 114 Å². The summed E-state index contributed by atoms with van der Waals surface area (Å²) in [5.74, 6) is -2.36. The number of amides is 1. The maximum atomic E-state index is 14.3. The van der Waals surface area contributed by atoms with Crippen LogP contribution in [-0.2, 0) is 19.4 Å². The van der Waals surface area contributed by atoms with Crippen LogP contribution in [0.15, 0.2) is 41.4 Å². The highest BCUT2D eigenvalue weighted by Crippen LogP contribution is 2.27. The Labute approximate surface area is 179 Å². The monoisotopic (exact) mass is 450 g/mol. The number of benzene rings is 1. The van der Waals surface area contributed by atoms with Gasteiger partial charge in [-0.25, -0.2) is 17.6 Å². The Kier molecular flexibility index (Phi) is 6.59. The molecule has 1 aliphatic heterocycles. The van der Waals surface area contributed by atoms with E-state index in [4.69, 9.17) is 9.84 Å². The lowest BCUT2D eigenvalue weighted by atomic mass is 9.92. The molecule has 3 rings (SSSR count). The number of aromatic nitrogens is 1. The molecule has 0 aliphatic carbocycles. The number of aliphatic carboxylic acids is 1. The van der Waals surface area contributed by atoms with Gasteiger partial charge in [-0.2, -0.15) is 0 Å². The number of hydrogen-bond acceptors (Lipinski definition) is 6. The largest absolute Gasteiger partial charge is 0.492 e. The Hall–Kier alpha value is -3.01. The van der Waals surface area contributed by atoms with Crippen molar-refractivity contribution in [2.45, 2.75) is 30.7 Å². The molecule has 8 nitrogen and oxygen atoms in total. The summed E-state index contributed by atoms with van der Waals surface area (Å²) in [5, 5.41) is 8.87. The molecule has 2 atom stereocenters. The van der Waals surface area contributed by atoms with Crippen LogP contribution in [0.4, 0.5) is 4.39 Å². The van der Waals surface area contributed by atoms with Crippen molar-refractivity contribution >= 4 is 21.7 Å². The van der Waals surface area contributed by atoms with Crippen molar-refractivity contribution in [2.75, 3.05) is 19.4 Å². The van der Waals surface area contributed by atoms with Gasteiger partial charge in [0.1, 0.15) is 11.6 Å². The molecule has 1 aromatic heterocycles. The maximum absolute atomic E-state index is 14.3. The fourth-order valence-electron chi connectivity index (χ4n) is 3.62. The quantitative estimate of drug-likeness (QED) is 0.696. The summed E-state index contributed by atoms with van der Waals surface area (Å²) in [5.41, 5.74) is 0.530. The Morgan fingerprint density at radius 1 is 1.29 bits per heavy atom. The molecule has 1 aliphatic rings. The summed E-state index contributed by atoms with van der Waals surface area (Å²) in [4.78, 5) is 28.0. The molecule has 0 saturated carbocycles. The normalized spacial score (nSPS) is 19.1. The second-order valence-corrected chi connectivity index (χ2v) is 9.66. The summed E-state index contributed by atoms with van der Waals surface area (Å²) >= 11 is 0. The third-order valence-electron chi connectivity index (χ3n) is 5.30. The van der Waals surface area contributed by atoms with Gasteiger partial charge in [-0.1, -0.05) is 0 Å². The highest BCUT2D eigenvalue weighted by molar-refractivity contribution is 7.90. The van der Waals surface area contributed by atoms with Gasteiger partial charge in [0, 0.05) is 24.4 Å². The van der Waals surface area contributed by atoms with Crippen LogP contribution in [0, 0.1) is 11.7 Å². The number of carboxylic acid groups (broad SMARTS) is 1. The third kappa shape index (κ3) is 5.38. The van der Waals surface area contributed by atoms with Gasteiger partial charge >= 0.3 is 11.9 Å². The minimum atomic E-state index is -3.50. The molecule has 2 aromatic rings. The standard InChI is InChI=1S/C21H23FN2O6S/c1-13-9-14(7-8-24(13)20(25)21(26)27)12-30-15-3-6-19(23-11-15)17-5-4-16(10-18(17)22)31(2,28)29/h3-6,10-11,13-14H,7-9,12H2,1-2H3,(H,26,27). The average molecular weight is 450 g/mol. The summed E-state index contributed by atoms with van der Waals surface area (Å²) in [6.07, 6.45) is 3.74. The van der Waals surface area contributed by atoms with E-state index in [1.54, 1.807) is 12.1 Å². The first-order chi connectivity index (χ1) is 14.6. The number of halogens is 1. The van der Waals surface area contributed by atoms with Gasteiger partial charge in [0.15, 0.2) is 9.84 Å². The van der Waals surface area contributed by atoms with Crippen LogP contribution in [0.3, 0.4) is 0 Å². The van der Waals surface area contributed by atoms with Crippen molar-refractivity contribution in [3.8, 4) is 17.0 Å². The minimum absolute atomic E-state index is 0.0981. The van der Waals surface area contributed by atoms with E-state index in [2.05, 4.69) is 4.98 Å². The van der Waals surface area contributed by atoms with Crippen LogP contribution >= 0.6 is 0 Å². The minimum Gasteiger partial charge on any atom is -0.492 e. The van der Waals surface area contributed by atoms with E-state index in [0.29, 0.717) is 37.4 Å². The number of likely N-dealkylation sites (tertiary alicyclic amines) is 1. The molecule has 31 heavy (non-hydrogen) atoms. The van der Waals surface area contributed by atoms with Crippen LogP contribution in [-0.4, -0.2) is 60.7 Å². The smallest absolute Gasteiger partial charge is 0.394 e. The zero-order valence-electron chi connectivity index (χ0n) is 17.1. The maximum Gasteiger partial charge on any atom is 0.394 e. The molecule has 1 saturated heterocycles. The van der Waals surface area contributed by atoms with Crippen LogP contribution in [0.2, 0.25) is 0 Å². The van der Waals surface area contributed by atoms with E-state index in [-0.39, 0.29) is 22.4 Å². The van der Waals surface area contributed by atoms with E-state index < -0.39 is 27.5 Å². The van der Waals surface area contributed by atoms with Crippen LogP contribution in [0.25, 0.3) is 11.3 Å². The molecule has 2 heterocycles.